The van der Waals surface area contributed by atoms with E-state index in [9.17, 15) is 18.0 Å². The normalized spacial score (nSPS) is 12.0. The van der Waals surface area contributed by atoms with Crippen molar-refractivity contribution in [3.8, 4) is 5.75 Å². The molecule has 0 heterocycles. The van der Waals surface area contributed by atoms with Gasteiger partial charge >= 0.3 is 0 Å². The number of carbonyl (C=O) groups is 2. The van der Waals surface area contributed by atoms with Crippen LogP contribution in [-0.2, 0) is 26.2 Å². The van der Waals surface area contributed by atoms with Crippen molar-refractivity contribution in [1.82, 2.24) is 10.2 Å². The van der Waals surface area contributed by atoms with Crippen molar-refractivity contribution in [1.29, 1.82) is 0 Å². The molecule has 2 aromatic carbocycles. The Balaban J connectivity index is 2.42. The van der Waals surface area contributed by atoms with Gasteiger partial charge in [0.05, 0.1) is 19.1 Å². The number of nitrogens with one attached hydrogen (secondary N) is 1. The van der Waals surface area contributed by atoms with Crippen LogP contribution >= 0.6 is 0 Å². The number of amides is 2. The summed E-state index contributed by atoms with van der Waals surface area (Å²) in [5, 5.41) is 2.81. The SMILES string of the molecule is CCCNC(=O)[C@H](C)N(Cc1ccccc1)C(=O)CN(c1cc(C)ccc1OC)S(C)(=O)=O. The maximum atomic E-state index is 13.5. The molecular weight excluding hydrogens is 442 g/mol. The van der Waals surface area contributed by atoms with Gasteiger partial charge in [0.25, 0.3) is 0 Å². The number of nitrogens with zero attached hydrogens (tertiary/aromatic N) is 2. The minimum Gasteiger partial charge on any atom is -0.495 e. The first-order chi connectivity index (χ1) is 15.6. The molecule has 2 amide bonds. The molecule has 0 saturated carbocycles. The number of sulfonamides is 1. The molecule has 2 rings (SSSR count). The van der Waals surface area contributed by atoms with E-state index in [0.717, 1.165) is 28.1 Å². The Hall–Kier alpha value is -3.07. The summed E-state index contributed by atoms with van der Waals surface area (Å²) in [7, 11) is -2.38. The maximum absolute atomic E-state index is 13.5. The minimum absolute atomic E-state index is 0.170. The number of anilines is 1. The zero-order valence-electron chi connectivity index (χ0n) is 19.9. The second-order valence-corrected chi connectivity index (χ2v) is 9.83. The summed E-state index contributed by atoms with van der Waals surface area (Å²) >= 11 is 0. The number of methoxy groups -OCH3 is 1. The van der Waals surface area contributed by atoms with Gasteiger partial charge in [-0.05, 0) is 43.5 Å². The van der Waals surface area contributed by atoms with Crippen molar-refractivity contribution >= 4 is 27.5 Å². The maximum Gasteiger partial charge on any atom is 0.244 e. The monoisotopic (exact) mass is 475 g/mol. The largest absolute Gasteiger partial charge is 0.495 e. The lowest BCUT2D eigenvalue weighted by Gasteiger charge is -2.32. The number of carbonyl (C=O) groups excluding carboxylic acids is 2. The van der Waals surface area contributed by atoms with E-state index in [-0.39, 0.29) is 18.1 Å². The molecule has 0 saturated heterocycles. The Kier molecular flexibility index (Phi) is 9.28. The Morgan fingerprint density at radius 1 is 1.12 bits per heavy atom. The van der Waals surface area contributed by atoms with Gasteiger partial charge in [0.1, 0.15) is 18.3 Å². The number of benzene rings is 2. The first-order valence-electron chi connectivity index (χ1n) is 10.8. The van der Waals surface area contributed by atoms with Crippen molar-refractivity contribution < 1.29 is 22.7 Å². The molecule has 0 unspecified atom stereocenters. The first kappa shape index (κ1) is 26.2. The van der Waals surface area contributed by atoms with Gasteiger partial charge in [-0.2, -0.15) is 0 Å². The van der Waals surface area contributed by atoms with Crippen LogP contribution < -0.4 is 14.4 Å². The molecule has 8 nitrogen and oxygen atoms in total. The van der Waals surface area contributed by atoms with Crippen LogP contribution in [0.5, 0.6) is 5.75 Å². The van der Waals surface area contributed by atoms with E-state index in [2.05, 4.69) is 5.32 Å². The van der Waals surface area contributed by atoms with Crippen LogP contribution in [0.15, 0.2) is 48.5 Å². The van der Waals surface area contributed by atoms with Crippen molar-refractivity contribution in [2.75, 3.05) is 30.8 Å². The smallest absolute Gasteiger partial charge is 0.244 e. The fourth-order valence-corrected chi connectivity index (χ4v) is 4.19. The van der Waals surface area contributed by atoms with Gasteiger partial charge in [-0.3, -0.25) is 13.9 Å². The molecule has 1 N–H and O–H groups in total. The van der Waals surface area contributed by atoms with E-state index < -0.39 is 28.5 Å². The Bertz CT molecular complexity index is 1060. The molecule has 0 fully saturated rings. The molecule has 180 valence electrons. The average Bonchev–Trinajstić information content (AvgIpc) is 2.78. The second kappa shape index (κ2) is 11.7. The van der Waals surface area contributed by atoms with Gasteiger partial charge in [0.2, 0.25) is 21.8 Å². The molecule has 0 aliphatic rings. The van der Waals surface area contributed by atoms with Gasteiger partial charge < -0.3 is 15.0 Å². The lowest BCUT2D eigenvalue weighted by Crippen LogP contribution is -2.51. The van der Waals surface area contributed by atoms with Gasteiger partial charge in [0.15, 0.2) is 0 Å². The lowest BCUT2D eigenvalue weighted by atomic mass is 10.1. The predicted octanol–water partition coefficient (Wildman–Crippen LogP) is 2.71. The molecule has 0 radical (unpaired) electrons. The second-order valence-electron chi connectivity index (χ2n) is 7.92. The average molecular weight is 476 g/mol. The van der Waals surface area contributed by atoms with Crippen LogP contribution in [0, 0.1) is 6.92 Å². The van der Waals surface area contributed by atoms with E-state index in [0.29, 0.717) is 12.3 Å². The quantitative estimate of drug-likeness (QED) is 0.539. The highest BCUT2D eigenvalue weighted by molar-refractivity contribution is 7.92. The van der Waals surface area contributed by atoms with Gasteiger partial charge in [-0.15, -0.1) is 0 Å². The summed E-state index contributed by atoms with van der Waals surface area (Å²) in [6.07, 6.45) is 1.81. The van der Waals surface area contributed by atoms with Crippen LogP contribution in [-0.4, -0.2) is 57.6 Å². The van der Waals surface area contributed by atoms with E-state index in [4.69, 9.17) is 4.74 Å². The number of ether oxygens (including phenoxy) is 1. The first-order valence-corrected chi connectivity index (χ1v) is 12.7. The van der Waals surface area contributed by atoms with Gasteiger partial charge in [0, 0.05) is 13.1 Å². The van der Waals surface area contributed by atoms with E-state index >= 15 is 0 Å². The van der Waals surface area contributed by atoms with E-state index in [1.54, 1.807) is 25.1 Å². The molecule has 0 aliphatic carbocycles. The third-order valence-electron chi connectivity index (χ3n) is 5.19. The minimum atomic E-state index is -3.82. The summed E-state index contributed by atoms with van der Waals surface area (Å²) in [6.45, 7) is 5.61. The summed E-state index contributed by atoms with van der Waals surface area (Å²) in [4.78, 5) is 27.6. The molecule has 0 aromatic heterocycles. The fourth-order valence-electron chi connectivity index (χ4n) is 3.35. The Morgan fingerprint density at radius 3 is 2.36 bits per heavy atom. The molecule has 33 heavy (non-hydrogen) atoms. The third-order valence-corrected chi connectivity index (χ3v) is 6.32. The highest BCUT2D eigenvalue weighted by Crippen LogP contribution is 2.31. The van der Waals surface area contributed by atoms with E-state index in [1.165, 1.54) is 12.0 Å². The summed E-state index contributed by atoms with van der Waals surface area (Å²) in [6, 6.07) is 13.6. The highest BCUT2D eigenvalue weighted by Gasteiger charge is 2.31. The molecule has 9 heteroatoms. The van der Waals surface area contributed by atoms with Gasteiger partial charge in [-0.1, -0.05) is 43.3 Å². The number of aryl methyl sites for hydroxylation is 1. The number of hydrogen-bond acceptors (Lipinski definition) is 5. The number of hydrogen-bond donors (Lipinski definition) is 1. The Morgan fingerprint density at radius 2 is 1.79 bits per heavy atom. The lowest BCUT2D eigenvalue weighted by molar-refractivity contribution is -0.139. The zero-order valence-corrected chi connectivity index (χ0v) is 20.7. The summed E-state index contributed by atoms with van der Waals surface area (Å²) in [5.74, 6) is -0.450. The molecule has 1 atom stereocenters. The van der Waals surface area contributed by atoms with Crippen LogP contribution in [0.3, 0.4) is 0 Å². The van der Waals surface area contributed by atoms with Crippen molar-refractivity contribution in [3.05, 3.63) is 59.7 Å². The molecule has 0 spiro atoms. The number of rotatable bonds is 11. The molecule has 2 aromatic rings. The summed E-state index contributed by atoms with van der Waals surface area (Å²) in [5.41, 5.74) is 1.93. The van der Waals surface area contributed by atoms with Crippen molar-refractivity contribution in [3.63, 3.8) is 0 Å². The third kappa shape index (κ3) is 7.21. The summed E-state index contributed by atoms with van der Waals surface area (Å²) < 4.78 is 31.8. The fraction of sp³-hybridized carbons (Fsp3) is 0.417. The molecule has 0 bridgehead atoms. The Labute approximate surface area is 196 Å². The van der Waals surface area contributed by atoms with Gasteiger partial charge in [-0.25, -0.2) is 8.42 Å². The molecular formula is C24H33N3O5S. The van der Waals surface area contributed by atoms with Crippen molar-refractivity contribution in [2.24, 2.45) is 0 Å². The predicted molar refractivity (Wildman–Crippen MR) is 130 cm³/mol. The standard InChI is InChI=1S/C24H33N3O5S/c1-6-14-25-24(29)19(3)26(16-20-10-8-7-9-11-20)23(28)17-27(33(5,30)31)21-15-18(2)12-13-22(21)32-4/h7-13,15,19H,6,14,16-17H2,1-5H3,(H,25,29)/t19-/m0/s1. The zero-order chi connectivity index (χ0) is 24.6. The molecule has 0 aliphatic heterocycles. The van der Waals surface area contributed by atoms with Crippen LogP contribution in [0.2, 0.25) is 0 Å². The van der Waals surface area contributed by atoms with Crippen LogP contribution in [0.4, 0.5) is 5.69 Å². The van der Waals surface area contributed by atoms with E-state index in [1.807, 2.05) is 44.2 Å². The van der Waals surface area contributed by atoms with Crippen LogP contribution in [0.25, 0.3) is 0 Å². The van der Waals surface area contributed by atoms with Crippen LogP contribution in [0.1, 0.15) is 31.4 Å². The van der Waals surface area contributed by atoms with Crippen molar-refractivity contribution in [2.45, 2.75) is 39.8 Å². The highest BCUT2D eigenvalue weighted by atomic mass is 32.2. The topological polar surface area (TPSA) is 96.0 Å².